The van der Waals surface area contributed by atoms with Gasteiger partial charge in [-0.3, -0.25) is 9.59 Å². The van der Waals surface area contributed by atoms with Gasteiger partial charge in [0.25, 0.3) is 12.0 Å². The maximum Gasteiger partial charge on any atom is 0.434 e. The van der Waals surface area contributed by atoms with Crippen molar-refractivity contribution in [3.05, 3.63) is 30.3 Å². The Morgan fingerprint density at radius 3 is 2.32 bits per heavy atom. The zero-order valence-electron chi connectivity index (χ0n) is 14.8. The minimum Gasteiger partial charge on any atom is -0.443 e. The molecule has 1 amide bonds. The van der Waals surface area contributed by atoms with Gasteiger partial charge in [-0.05, 0) is 22.6 Å². The Hall–Kier alpha value is -3.18. The second-order valence-corrected chi connectivity index (χ2v) is 6.07. The van der Waals surface area contributed by atoms with E-state index < -0.39 is 24.2 Å². The molecule has 2 aromatic rings. The third kappa shape index (κ3) is 4.21. The third-order valence-electron chi connectivity index (χ3n) is 4.13. The number of piperazine rings is 1. The summed E-state index contributed by atoms with van der Waals surface area (Å²) in [6, 6.07) is 9.12. The Kier molecular flexibility index (Phi) is 5.47. The Balaban J connectivity index is 1.69. The van der Waals surface area contributed by atoms with Gasteiger partial charge in [0, 0.05) is 33.1 Å². The molecule has 1 aliphatic rings. The van der Waals surface area contributed by atoms with E-state index in [-0.39, 0.29) is 26.2 Å². The fraction of sp³-hybridized carbons (Fsp3) is 0.438. The molecular weight excluding hydrogens is 381 g/mol. The molecule has 1 fully saturated rings. The zero-order chi connectivity index (χ0) is 20.3. The zero-order valence-corrected chi connectivity index (χ0v) is 14.8. The number of esters is 1. The maximum absolute atomic E-state index is 13.1. The number of aromatic nitrogens is 4. The number of carbonyl (C=O) groups excluding carboxylic acids is 2. The molecule has 28 heavy (non-hydrogen) atoms. The van der Waals surface area contributed by atoms with Crippen LogP contribution in [0.1, 0.15) is 6.92 Å². The van der Waals surface area contributed by atoms with Crippen LogP contribution >= 0.6 is 0 Å². The molecule has 0 aliphatic carbocycles. The van der Waals surface area contributed by atoms with Gasteiger partial charge in [0.1, 0.15) is 0 Å². The van der Waals surface area contributed by atoms with Crippen LogP contribution in [0.3, 0.4) is 0 Å². The summed E-state index contributed by atoms with van der Waals surface area (Å²) in [5.41, 5.74) is 0.730. The molecule has 1 aromatic carbocycles. The summed E-state index contributed by atoms with van der Waals surface area (Å²) >= 11 is 0. The largest absolute Gasteiger partial charge is 0.443 e. The molecule has 9 nitrogen and oxygen atoms in total. The average Bonchev–Trinajstić information content (AvgIpc) is 3.15. The average molecular weight is 398 g/mol. The number of halogens is 3. The van der Waals surface area contributed by atoms with E-state index in [1.54, 1.807) is 4.90 Å². The number of nitrogens with zero attached hydrogens (tertiary/aromatic N) is 6. The molecular formula is C16H17F3N6O3. The van der Waals surface area contributed by atoms with Crippen LogP contribution in [0.4, 0.5) is 19.1 Å². The van der Waals surface area contributed by atoms with E-state index in [9.17, 15) is 22.8 Å². The summed E-state index contributed by atoms with van der Waals surface area (Å²) in [6.07, 6.45) is -7.77. The quantitative estimate of drug-likeness (QED) is 0.704. The Morgan fingerprint density at radius 1 is 1.11 bits per heavy atom. The number of ether oxygens (including phenoxy) is 1. The number of alkyl halides is 3. The Labute approximate surface area is 157 Å². The highest BCUT2D eigenvalue weighted by Gasteiger charge is 2.49. The molecule has 1 saturated heterocycles. The van der Waals surface area contributed by atoms with Crippen LogP contribution in [-0.2, 0) is 14.3 Å². The lowest BCUT2D eigenvalue weighted by Gasteiger charge is -2.36. The molecule has 3 rings (SSSR count). The van der Waals surface area contributed by atoms with Gasteiger partial charge < -0.3 is 14.5 Å². The van der Waals surface area contributed by atoms with Gasteiger partial charge >= 0.3 is 12.1 Å². The first-order valence-electron chi connectivity index (χ1n) is 8.39. The first kappa shape index (κ1) is 19.6. The number of tetrazole rings is 1. The van der Waals surface area contributed by atoms with E-state index in [0.29, 0.717) is 5.95 Å². The summed E-state index contributed by atoms with van der Waals surface area (Å²) in [5, 5.41) is 11.6. The number of benzene rings is 1. The van der Waals surface area contributed by atoms with Crippen LogP contribution < -0.4 is 4.90 Å². The second-order valence-electron chi connectivity index (χ2n) is 6.07. The van der Waals surface area contributed by atoms with Crippen LogP contribution in [0.15, 0.2) is 30.3 Å². The van der Waals surface area contributed by atoms with Crippen molar-refractivity contribution in [1.29, 1.82) is 0 Å². The molecule has 150 valence electrons. The van der Waals surface area contributed by atoms with Crippen LogP contribution in [0.2, 0.25) is 0 Å². The number of rotatable bonds is 4. The molecule has 1 aliphatic heterocycles. The highest BCUT2D eigenvalue weighted by Crippen LogP contribution is 2.26. The topological polar surface area (TPSA) is 93.5 Å². The number of hydrogen-bond donors (Lipinski definition) is 0. The maximum atomic E-state index is 13.1. The lowest BCUT2D eigenvalue weighted by atomic mass is 10.2. The second kappa shape index (κ2) is 7.82. The predicted octanol–water partition coefficient (Wildman–Crippen LogP) is 0.805. The van der Waals surface area contributed by atoms with Gasteiger partial charge in [-0.1, -0.05) is 23.3 Å². The third-order valence-corrected chi connectivity index (χ3v) is 4.13. The smallest absolute Gasteiger partial charge is 0.434 e. The lowest BCUT2D eigenvalue weighted by Crippen LogP contribution is -2.55. The fourth-order valence-corrected chi connectivity index (χ4v) is 2.83. The molecule has 0 N–H and O–H groups in total. The van der Waals surface area contributed by atoms with Crippen LogP contribution in [-0.4, -0.2) is 75.4 Å². The van der Waals surface area contributed by atoms with Crippen molar-refractivity contribution in [3.63, 3.8) is 0 Å². The Bertz CT molecular complexity index is 834. The number of amides is 1. The van der Waals surface area contributed by atoms with Crippen LogP contribution in [0.25, 0.3) is 5.69 Å². The summed E-state index contributed by atoms with van der Waals surface area (Å²) < 4.78 is 44.9. The van der Waals surface area contributed by atoms with Crippen molar-refractivity contribution in [1.82, 2.24) is 25.1 Å². The molecule has 1 atom stereocenters. The lowest BCUT2D eigenvalue weighted by molar-refractivity contribution is -0.223. The number of anilines is 1. The first-order valence-corrected chi connectivity index (χ1v) is 8.39. The summed E-state index contributed by atoms with van der Waals surface area (Å²) in [4.78, 5) is 26.0. The number of carbonyl (C=O) groups is 2. The monoisotopic (exact) mass is 398 g/mol. The van der Waals surface area contributed by atoms with Gasteiger partial charge in [-0.25, -0.2) is 0 Å². The highest BCUT2D eigenvalue weighted by molar-refractivity contribution is 5.84. The molecule has 0 unspecified atom stereocenters. The Morgan fingerprint density at radius 2 is 1.75 bits per heavy atom. The highest BCUT2D eigenvalue weighted by atomic mass is 19.4. The molecule has 0 spiro atoms. The standard InChI is InChI=1S/C16H17F3N6O3/c1-11(26)28-13(16(17,18)19)14(27)23-7-9-24(10-8-23)15-20-21-22-25(15)12-5-3-2-4-6-12/h2-6,13H,7-10H2,1H3/t13-/m1/s1. The first-order chi connectivity index (χ1) is 13.3. The van der Waals surface area contributed by atoms with Gasteiger partial charge in [0.05, 0.1) is 5.69 Å². The van der Waals surface area contributed by atoms with E-state index in [1.807, 2.05) is 30.3 Å². The van der Waals surface area contributed by atoms with Crippen LogP contribution in [0.5, 0.6) is 0 Å². The van der Waals surface area contributed by atoms with E-state index in [1.165, 1.54) is 4.68 Å². The van der Waals surface area contributed by atoms with Gasteiger partial charge in [0.15, 0.2) is 0 Å². The van der Waals surface area contributed by atoms with Crippen molar-refractivity contribution in [2.45, 2.75) is 19.2 Å². The van der Waals surface area contributed by atoms with E-state index in [0.717, 1.165) is 17.5 Å². The number of hydrogen-bond acceptors (Lipinski definition) is 7. The van der Waals surface area contributed by atoms with E-state index in [2.05, 4.69) is 20.3 Å². The van der Waals surface area contributed by atoms with Crippen molar-refractivity contribution in [3.8, 4) is 5.69 Å². The summed E-state index contributed by atoms with van der Waals surface area (Å²) in [5.74, 6) is -2.04. The fourth-order valence-electron chi connectivity index (χ4n) is 2.83. The molecule has 2 heterocycles. The molecule has 0 radical (unpaired) electrons. The predicted molar refractivity (Wildman–Crippen MR) is 89.6 cm³/mol. The minimum atomic E-state index is -4.97. The van der Waals surface area contributed by atoms with Crippen molar-refractivity contribution >= 4 is 17.8 Å². The molecule has 0 bridgehead atoms. The molecule has 12 heteroatoms. The normalized spacial score (nSPS) is 16.0. The van der Waals surface area contributed by atoms with Gasteiger partial charge in [0.2, 0.25) is 5.95 Å². The van der Waals surface area contributed by atoms with Crippen molar-refractivity contribution in [2.75, 3.05) is 31.1 Å². The molecule has 1 aromatic heterocycles. The summed E-state index contributed by atoms with van der Waals surface area (Å²) in [7, 11) is 0. The SMILES string of the molecule is CC(=O)O[C@H](C(=O)N1CCN(c2nnnn2-c2ccccc2)CC1)C(F)(F)F. The minimum absolute atomic E-state index is 0.00826. The van der Waals surface area contributed by atoms with Gasteiger partial charge in [-0.2, -0.15) is 17.9 Å². The number of para-hydroxylation sites is 1. The van der Waals surface area contributed by atoms with Crippen molar-refractivity contribution in [2.24, 2.45) is 0 Å². The van der Waals surface area contributed by atoms with Crippen LogP contribution in [0, 0.1) is 0 Å². The van der Waals surface area contributed by atoms with Crippen molar-refractivity contribution < 1.29 is 27.5 Å². The van der Waals surface area contributed by atoms with Gasteiger partial charge in [-0.15, -0.1) is 0 Å². The molecule has 0 saturated carbocycles. The van der Waals surface area contributed by atoms with E-state index in [4.69, 9.17) is 0 Å². The summed E-state index contributed by atoms with van der Waals surface area (Å²) in [6.45, 7) is 1.29. The van der Waals surface area contributed by atoms with E-state index >= 15 is 0 Å².